The summed E-state index contributed by atoms with van der Waals surface area (Å²) in [6, 6.07) is 16.8. The summed E-state index contributed by atoms with van der Waals surface area (Å²) in [5.74, 6) is 0.450. The Bertz CT molecular complexity index is 898. The molecule has 29 heavy (non-hydrogen) atoms. The molecular weight excluding hydrogens is 376 g/mol. The molecule has 0 aliphatic heterocycles. The van der Waals surface area contributed by atoms with Gasteiger partial charge in [-0.1, -0.05) is 30.3 Å². The minimum atomic E-state index is -1.46. The van der Waals surface area contributed by atoms with Crippen LogP contribution in [0.25, 0.3) is 0 Å². The van der Waals surface area contributed by atoms with E-state index in [0.29, 0.717) is 29.2 Å². The molecule has 0 bridgehead atoms. The summed E-state index contributed by atoms with van der Waals surface area (Å²) in [4.78, 5) is 0. The lowest BCUT2D eigenvalue weighted by molar-refractivity contribution is 0.0795. The highest BCUT2D eigenvalue weighted by atomic mass is 19.1. The number of benzene rings is 3. The van der Waals surface area contributed by atoms with Crippen molar-refractivity contribution in [1.82, 2.24) is 5.32 Å². The molecule has 2 N–H and O–H groups in total. The predicted octanol–water partition coefficient (Wildman–Crippen LogP) is 4.01. The molecule has 152 valence electrons. The maximum Gasteiger partial charge on any atom is 0.161 e. The molecular formula is C23H23F2NO3. The minimum Gasteiger partial charge on any atom is -0.493 e. The molecule has 0 aromatic heterocycles. The van der Waals surface area contributed by atoms with E-state index in [2.05, 4.69) is 5.32 Å². The van der Waals surface area contributed by atoms with E-state index < -0.39 is 17.2 Å². The fourth-order valence-electron chi connectivity index (χ4n) is 3.20. The quantitative estimate of drug-likeness (QED) is 0.601. The van der Waals surface area contributed by atoms with Gasteiger partial charge in [-0.2, -0.15) is 0 Å². The number of hydrogen-bond acceptors (Lipinski definition) is 4. The molecule has 0 aliphatic rings. The highest BCUT2D eigenvalue weighted by Crippen LogP contribution is 2.30. The van der Waals surface area contributed by atoms with E-state index in [-0.39, 0.29) is 6.54 Å². The Labute approximate surface area is 168 Å². The van der Waals surface area contributed by atoms with Crippen molar-refractivity contribution in [1.29, 1.82) is 0 Å². The van der Waals surface area contributed by atoms with Crippen LogP contribution in [0.3, 0.4) is 0 Å². The first-order valence-electron chi connectivity index (χ1n) is 9.12. The van der Waals surface area contributed by atoms with Crippen LogP contribution in [0, 0.1) is 11.6 Å². The zero-order chi connectivity index (χ0) is 20.9. The monoisotopic (exact) mass is 399 g/mol. The van der Waals surface area contributed by atoms with Crippen molar-refractivity contribution in [2.45, 2.75) is 12.1 Å². The highest BCUT2D eigenvalue weighted by Gasteiger charge is 2.31. The number of nitrogens with one attached hydrogen (secondary N) is 1. The van der Waals surface area contributed by atoms with Gasteiger partial charge in [-0.3, -0.25) is 0 Å². The molecule has 3 aromatic rings. The number of rotatable bonds is 8. The molecule has 0 amide bonds. The highest BCUT2D eigenvalue weighted by molar-refractivity contribution is 5.43. The van der Waals surface area contributed by atoms with Crippen LogP contribution < -0.4 is 14.8 Å². The third kappa shape index (κ3) is 4.72. The maximum absolute atomic E-state index is 13.4. The summed E-state index contributed by atoms with van der Waals surface area (Å²) in [6.07, 6.45) is 0. The van der Waals surface area contributed by atoms with Gasteiger partial charge in [0.1, 0.15) is 17.2 Å². The maximum atomic E-state index is 13.4. The van der Waals surface area contributed by atoms with Gasteiger partial charge in [-0.25, -0.2) is 8.78 Å². The lowest BCUT2D eigenvalue weighted by Crippen LogP contribution is -2.39. The average Bonchev–Trinajstić information content (AvgIpc) is 2.74. The smallest absolute Gasteiger partial charge is 0.161 e. The second-order valence-electron chi connectivity index (χ2n) is 6.67. The molecule has 0 saturated carbocycles. The van der Waals surface area contributed by atoms with Crippen LogP contribution in [0.5, 0.6) is 11.5 Å². The van der Waals surface area contributed by atoms with Crippen molar-refractivity contribution >= 4 is 0 Å². The summed E-state index contributed by atoms with van der Waals surface area (Å²) >= 11 is 0. The van der Waals surface area contributed by atoms with Crippen LogP contribution in [0.1, 0.15) is 16.7 Å². The van der Waals surface area contributed by atoms with Crippen LogP contribution in [-0.2, 0) is 12.1 Å². The van der Waals surface area contributed by atoms with Gasteiger partial charge in [0.05, 0.1) is 14.2 Å². The molecule has 3 aromatic carbocycles. The minimum absolute atomic E-state index is 0.138. The second kappa shape index (κ2) is 9.03. The van der Waals surface area contributed by atoms with Gasteiger partial charge < -0.3 is 19.9 Å². The fraction of sp³-hybridized carbons (Fsp3) is 0.217. The zero-order valence-corrected chi connectivity index (χ0v) is 16.3. The first kappa shape index (κ1) is 20.8. The van der Waals surface area contributed by atoms with Crippen molar-refractivity contribution < 1.29 is 23.4 Å². The van der Waals surface area contributed by atoms with Crippen LogP contribution in [0.2, 0.25) is 0 Å². The lowest BCUT2D eigenvalue weighted by atomic mass is 9.86. The van der Waals surface area contributed by atoms with Crippen LogP contribution >= 0.6 is 0 Å². The Morgan fingerprint density at radius 3 is 1.79 bits per heavy atom. The summed E-state index contributed by atoms with van der Waals surface area (Å²) < 4.78 is 37.3. The molecule has 0 radical (unpaired) electrons. The van der Waals surface area contributed by atoms with Crippen LogP contribution in [-0.4, -0.2) is 25.9 Å². The van der Waals surface area contributed by atoms with Gasteiger partial charge in [0, 0.05) is 13.1 Å². The Hall–Kier alpha value is -2.96. The van der Waals surface area contributed by atoms with Crippen molar-refractivity contribution in [2.24, 2.45) is 0 Å². The van der Waals surface area contributed by atoms with Gasteiger partial charge in [0.25, 0.3) is 0 Å². The molecule has 0 aliphatic carbocycles. The molecule has 3 rings (SSSR count). The van der Waals surface area contributed by atoms with Crippen molar-refractivity contribution in [3.63, 3.8) is 0 Å². The second-order valence-corrected chi connectivity index (χ2v) is 6.67. The number of ether oxygens (including phenoxy) is 2. The average molecular weight is 399 g/mol. The van der Waals surface area contributed by atoms with Gasteiger partial charge in [-0.15, -0.1) is 0 Å². The number of halogens is 2. The van der Waals surface area contributed by atoms with E-state index in [1.807, 2.05) is 18.2 Å². The Morgan fingerprint density at radius 1 is 0.793 bits per heavy atom. The molecule has 4 nitrogen and oxygen atoms in total. The van der Waals surface area contributed by atoms with Crippen molar-refractivity contribution in [2.75, 3.05) is 20.8 Å². The van der Waals surface area contributed by atoms with E-state index in [1.165, 1.54) is 48.5 Å². The first-order chi connectivity index (χ1) is 14.0. The van der Waals surface area contributed by atoms with E-state index in [1.54, 1.807) is 14.2 Å². The molecule has 0 heterocycles. The van der Waals surface area contributed by atoms with E-state index >= 15 is 0 Å². The van der Waals surface area contributed by atoms with Crippen molar-refractivity contribution in [3.05, 3.63) is 95.1 Å². The van der Waals surface area contributed by atoms with E-state index in [4.69, 9.17) is 9.47 Å². The molecule has 0 atom stereocenters. The number of methoxy groups -OCH3 is 2. The summed E-state index contributed by atoms with van der Waals surface area (Å²) in [7, 11) is 3.14. The Balaban J connectivity index is 1.82. The third-order valence-electron chi connectivity index (χ3n) is 4.80. The van der Waals surface area contributed by atoms with Gasteiger partial charge in [-0.05, 0) is 53.1 Å². The van der Waals surface area contributed by atoms with Gasteiger partial charge >= 0.3 is 0 Å². The Morgan fingerprint density at radius 2 is 1.31 bits per heavy atom. The number of aliphatic hydroxyl groups is 1. The molecule has 0 unspecified atom stereocenters. The Kier molecular flexibility index (Phi) is 6.46. The molecule has 6 heteroatoms. The third-order valence-corrected chi connectivity index (χ3v) is 4.80. The summed E-state index contributed by atoms with van der Waals surface area (Å²) in [5, 5.41) is 14.7. The number of hydrogen-bond donors (Lipinski definition) is 2. The van der Waals surface area contributed by atoms with Crippen molar-refractivity contribution in [3.8, 4) is 11.5 Å². The summed E-state index contributed by atoms with van der Waals surface area (Å²) in [6.45, 7) is 0.587. The summed E-state index contributed by atoms with van der Waals surface area (Å²) in [5.41, 5.74) is 0.483. The van der Waals surface area contributed by atoms with Gasteiger partial charge in [0.2, 0.25) is 0 Å². The standard InChI is InChI=1S/C23H23F2NO3/c1-28-21-12-3-16(13-22(21)29-2)14-26-15-23(27,17-4-8-19(24)9-5-17)18-6-10-20(25)11-7-18/h3-13,26-27H,14-15H2,1-2H3. The predicted molar refractivity (Wildman–Crippen MR) is 107 cm³/mol. The zero-order valence-electron chi connectivity index (χ0n) is 16.3. The van der Waals surface area contributed by atoms with Crippen LogP contribution in [0.15, 0.2) is 66.7 Å². The van der Waals surface area contributed by atoms with E-state index in [9.17, 15) is 13.9 Å². The SMILES string of the molecule is COc1ccc(CNCC(O)(c2ccc(F)cc2)c2ccc(F)cc2)cc1OC. The topological polar surface area (TPSA) is 50.7 Å². The molecule has 0 saturated heterocycles. The largest absolute Gasteiger partial charge is 0.493 e. The van der Waals surface area contributed by atoms with Crippen LogP contribution in [0.4, 0.5) is 8.78 Å². The first-order valence-corrected chi connectivity index (χ1v) is 9.12. The fourth-order valence-corrected chi connectivity index (χ4v) is 3.20. The molecule has 0 spiro atoms. The normalized spacial score (nSPS) is 11.3. The lowest BCUT2D eigenvalue weighted by Gasteiger charge is -2.30. The van der Waals surface area contributed by atoms with E-state index in [0.717, 1.165) is 5.56 Å². The molecule has 0 fully saturated rings. The van der Waals surface area contributed by atoms with Gasteiger partial charge in [0.15, 0.2) is 11.5 Å².